The van der Waals surface area contributed by atoms with Crippen molar-refractivity contribution in [3.8, 4) is 11.4 Å². The molecule has 0 aliphatic rings. The normalized spacial score (nSPS) is 10.4. The minimum atomic E-state index is -0.0242. The number of hydrogen-bond donors (Lipinski definition) is 3. The minimum absolute atomic E-state index is 0.0242. The summed E-state index contributed by atoms with van der Waals surface area (Å²) in [6.45, 7) is 2.37. The van der Waals surface area contributed by atoms with Gasteiger partial charge in [-0.2, -0.15) is 4.99 Å². The van der Waals surface area contributed by atoms with Crippen molar-refractivity contribution in [3.63, 3.8) is 0 Å². The molecule has 0 aromatic carbocycles. The Kier molecular flexibility index (Phi) is 4.94. The number of nitrogens with two attached hydrogens (primary N) is 3. The van der Waals surface area contributed by atoms with Gasteiger partial charge in [0.25, 0.3) is 0 Å². The fraction of sp³-hybridized carbons (Fsp3) is 0.231. The topological polar surface area (TPSA) is 116 Å². The van der Waals surface area contributed by atoms with Gasteiger partial charge in [-0.25, -0.2) is 9.97 Å². The number of thiocarbonyl (C=S) groups is 1. The Labute approximate surface area is 132 Å². The van der Waals surface area contributed by atoms with Crippen LogP contribution in [-0.2, 0) is 6.54 Å². The third-order valence-corrected chi connectivity index (χ3v) is 4.00. The van der Waals surface area contributed by atoms with Crippen LogP contribution in [0.5, 0.6) is 0 Å². The summed E-state index contributed by atoms with van der Waals surface area (Å²) >= 11 is 6.65. The third kappa shape index (κ3) is 3.60. The van der Waals surface area contributed by atoms with Crippen molar-refractivity contribution >= 4 is 39.5 Å². The van der Waals surface area contributed by atoms with Crippen molar-refractivity contribution in [2.45, 2.75) is 19.9 Å². The van der Waals surface area contributed by atoms with Gasteiger partial charge in [-0.3, -0.25) is 0 Å². The van der Waals surface area contributed by atoms with Gasteiger partial charge in [-0.15, -0.1) is 11.3 Å². The fourth-order valence-electron chi connectivity index (χ4n) is 1.75. The molecule has 0 unspecified atom stereocenters. The fourth-order valence-corrected chi connectivity index (χ4v) is 2.55. The standard InChI is InChI=1S/C13H16N6S2/c1-2-10(20)8-4-3-7(5-14)11(17-8)9-6-21-13(18-9)19-12(15)16/h3-4,6H,2,5,14H2,1H3,(H4,15,16,18,19). The van der Waals surface area contributed by atoms with Crippen molar-refractivity contribution in [2.24, 2.45) is 22.2 Å². The van der Waals surface area contributed by atoms with E-state index in [-0.39, 0.29) is 5.96 Å². The van der Waals surface area contributed by atoms with Gasteiger partial charge in [0.1, 0.15) is 5.69 Å². The zero-order valence-corrected chi connectivity index (χ0v) is 13.2. The smallest absolute Gasteiger partial charge is 0.212 e. The molecule has 0 aliphatic heterocycles. The summed E-state index contributed by atoms with van der Waals surface area (Å²) in [4.78, 5) is 13.7. The second kappa shape index (κ2) is 6.70. The Morgan fingerprint density at radius 1 is 1.33 bits per heavy atom. The monoisotopic (exact) mass is 320 g/mol. The van der Waals surface area contributed by atoms with Gasteiger partial charge < -0.3 is 17.2 Å². The van der Waals surface area contributed by atoms with E-state index >= 15 is 0 Å². The lowest BCUT2D eigenvalue weighted by molar-refractivity contribution is 1.04. The average molecular weight is 320 g/mol. The summed E-state index contributed by atoms with van der Waals surface area (Å²) < 4.78 is 0. The van der Waals surface area contributed by atoms with E-state index in [4.69, 9.17) is 29.4 Å². The van der Waals surface area contributed by atoms with Gasteiger partial charge in [0, 0.05) is 16.8 Å². The third-order valence-electron chi connectivity index (χ3n) is 2.76. The molecule has 0 radical (unpaired) electrons. The van der Waals surface area contributed by atoms with Crippen molar-refractivity contribution in [2.75, 3.05) is 0 Å². The first-order valence-corrected chi connectivity index (χ1v) is 7.62. The molecule has 0 saturated heterocycles. The van der Waals surface area contributed by atoms with Crippen LogP contribution in [0.2, 0.25) is 0 Å². The number of thiazole rings is 1. The summed E-state index contributed by atoms with van der Waals surface area (Å²) in [6, 6.07) is 3.82. The molecule has 2 heterocycles. The predicted molar refractivity (Wildman–Crippen MR) is 90.7 cm³/mol. The van der Waals surface area contributed by atoms with Crippen LogP contribution in [0.15, 0.2) is 22.5 Å². The largest absolute Gasteiger partial charge is 0.370 e. The second-order valence-electron chi connectivity index (χ2n) is 4.24. The van der Waals surface area contributed by atoms with Gasteiger partial charge in [0.05, 0.1) is 11.4 Å². The molecule has 0 fully saturated rings. The number of pyridine rings is 1. The average Bonchev–Trinajstić information content (AvgIpc) is 2.93. The predicted octanol–water partition coefficient (Wildman–Crippen LogP) is 1.70. The minimum Gasteiger partial charge on any atom is -0.370 e. The lowest BCUT2D eigenvalue weighted by Crippen LogP contribution is -2.21. The lowest BCUT2D eigenvalue weighted by atomic mass is 10.1. The molecule has 8 heteroatoms. The van der Waals surface area contributed by atoms with Crippen molar-refractivity contribution in [3.05, 3.63) is 28.8 Å². The zero-order chi connectivity index (χ0) is 15.4. The summed E-state index contributed by atoms with van der Waals surface area (Å²) in [7, 11) is 0. The van der Waals surface area contributed by atoms with Crippen molar-refractivity contribution in [1.82, 2.24) is 9.97 Å². The summed E-state index contributed by atoms with van der Waals surface area (Å²) in [6.07, 6.45) is 0.764. The molecule has 2 aromatic heterocycles. The number of guanidine groups is 1. The quantitative estimate of drug-likeness (QED) is 0.334. The summed E-state index contributed by atoms with van der Waals surface area (Å²) in [5.74, 6) is -0.0242. The Morgan fingerprint density at radius 2 is 2.10 bits per heavy atom. The Hall–Kier alpha value is -1.90. The highest BCUT2D eigenvalue weighted by Crippen LogP contribution is 2.28. The number of aliphatic imine (C=N–C) groups is 1. The van der Waals surface area contributed by atoms with E-state index in [1.165, 1.54) is 11.3 Å². The molecule has 2 rings (SSSR count). The molecule has 110 valence electrons. The molecule has 6 N–H and O–H groups in total. The maximum Gasteiger partial charge on any atom is 0.212 e. The number of aromatic nitrogens is 2. The lowest BCUT2D eigenvalue weighted by Gasteiger charge is -2.07. The molecule has 0 spiro atoms. The first-order valence-electron chi connectivity index (χ1n) is 6.33. The van der Waals surface area contributed by atoms with E-state index in [2.05, 4.69) is 15.0 Å². The van der Waals surface area contributed by atoms with E-state index in [1.54, 1.807) is 0 Å². The van der Waals surface area contributed by atoms with Crippen LogP contribution in [0, 0.1) is 0 Å². The SMILES string of the molecule is CCC(=S)c1ccc(CN)c(-c2csc(N=C(N)N)n2)n1. The highest BCUT2D eigenvalue weighted by atomic mass is 32.1. The highest BCUT2D eigenvalue weighted by Gasteiger charge is 2.12. The van der Waals surface area contributed by atoms with Crippen LogP contribution in [0.4, 0.5) is 5.13 Å². The molecule has 0 atom stereocenters. The number of rotatable bonds is 5. The van der Waals surface area contributed by atoms with Crippen LogP contribution < -0.4 is 17.2 Å². The second-order valence-corrected chi connectivity index (χ2v) is 5.57. The van der Waals surface area contributed by atoms with Gasteiger partial charge in [-0.05, 0) is 18.1 Å². The molecule has 2 aromatic rings. The molecule has 0 bridgehead atoms. The summed E-state index contributed by atoms with van der Waals surface area (Å²) in [5.41, 5.74) is 19.6. The van der Waals surface area contributed by atoms with E-state index in [0.29, 0.717) is 17.4 Å². The number of hydrogen-bond acceptors (Lipinski definition) is 6. The van der Waals surface area contributed by atoms with E-state index < -0.39 is 0 Å². The van der Waals surface area contributed by atoms with Crippen molar-refractivity contribution in [1.29, 1.82) is 0 Å². The molecule has 0 saturated carbocycles. The van der Waals surface area contributed by atoms with Crippen LogP contribution in [0.25, 0.3) is 11.4 Å². The van der Waals surface area contributed by atoms with Crippen LogP contribution in [0.3, 0.4) is 0 Å². The number of nitrogens with zero attached hydrogens (tertiary/aromatic N) is 3. The van der Waals surface area contributed by atoms with Gasteiger partial charge in [-0.1, -0.05) is 25.2 Å². The van der Waals surface area contributed by atoms with Gasteiger partial charge >= 0.3 is 0 Å². The Balaban J connectivity index is 2.48. The van der Waals surface area contributed by atoms with Gasteiger partial charge in [0.2, 0.25) is 5.13 Å². The molecular formula is C13H16N6S2. The first-order chi connectivity index (χ1) is 10.0. The zero-order valence-electron chi connectivity index (χ0n) is 11.5. The van der Waals surface area contributed by atoms with E-state index in [1.807, 2.05) is 24.4 Å². The van der Waals surface area contributed by atoms with E-state index in [0.717, 1.165) is 28.2 Å². The molecule has 0 aliphatic carbocycles. The maximum absolute atomic E-state index is 5.77. The molecular weight excluding hydrogens is 304 g/mol. The van der Waals surface area contributed by atoms with Crippen molar-refractivity contribution < 1.29 is 0 Å². The summed E-state index contributed by atoms with van der Waals surface area (Å²) in [5, 5.41) is 2.33. The molecule has 21 heavy (non-hydrogen) atoms. The first kappa shape index (κ1) is 15.5. The van der Waals surface area contributed by atoms with Crippen LogP contribution >= 0.6 is 23.6 Å². The van der Waals surface area contributed by atoms with Crippen LogP contribution in [0.1, 0.15) is 24.6 Å². The molecule has 0 amide bonds. The Bertz CT molecular complexity index is 688. The van der Waals surface area contributed by atoms with Crippen LogP contribution in [-0.4, -0.2) is 20.8 Å². The van der Waals surface area contributed by atoms with E-state index in [9.17, 15) is 0 Å². The maximum atomic E-state index is 5.77. The highest BCUT2D eigenvalue weighted by molar-refractivity contribution is 7.80. The molecule has 6 nitrogen and oxygen atoms in total. The van der Waals surface area contributed by atoms with Gasteiger partial charge in [0.15, 0.2) is 5.96 Å². The Morgan fingerprint density at radius 3 is 2.71 bits per heavy atom.